The topological polar surface area (TPSA) is 26.9 Å². The third-order valence-corrected chi connectivity index (χ3v) is 4.73. The van der Waals surface area contributed by atoms with Gasteiger partial charge in [0.2, 0.25) is 0 Å². The molecule has 2 aromatic heterocycles. The second-order valence-corrected chi connectivity index (χ2v) is 5.89. The highest BCUT2D eigenvalue weighted by atomic mass is 79.9. The fraction of sp³-hybridized carbons (Fsp3) is 0.364. The van der Waals surface area contributed by atoms with E-state index in [0.717, 1.165) is 17.3 Å². The first-order chi connectivity index (χ1) is 7.75. The van der Waals surface area contributed by atoms with Crippen LogP contribution in [0.1, 0.15) is 23.8 Å². The van der Waals surface area contributed by atoms with E-state index in [1.54, 1.807) is 15.9 Å². The van der Waals surface area contributed by atoms with E-state index in [-0.39, 0.29) is 5.69 Å². The Kier molecular flexibility index (Phi) is 2.52. The van der Waals surface area contributed by atoms with Gasteiger partial charge in [-0.05, 0) is 40.2 Å². The van der Waals surface area contributed by atoms with Gasteiger partial charge < -0.3 is 0 Å². The van der Waals surface area contributed by atoms with Crippen molar-refractivity contribution in [2.75, 3.05) is 0 Å². The first-order valence-electron chi connectivity index (χ1n) is 5.25. The van der Waals surface area contributed by atoms with E-state index in [1.165, 1.54) is 4.88 Å². The molecule has 0 bridgehead atoms. The third kappa shape index (κ3) is 1.78. The largest absolute Gasteiger partial charge is 0.328 e. The Morgan fingerprint density at radius 1 is 1.44 bits per heavy atom. The van der Waals surface area contributed by atoms with Crippen molar-refractivity contribution >= 4 is 27.3 Å². The lowest BCUT2D eigenvalue weighted by Gasteiger charge is -2.00. The maximum atomic E-state index is 12.0. The van der Waals surface area contributed by atoms with Crippen molar-refractivity contribution in [2.45, 2.75) is 25.4 Å². The molecule has 5 heteroatoms. The number of imidazole rings is 1. The zero-order chi connectivity index (χ0) is 11.1. The fourth-order valence-electron chi connectivity index (χ4n) is 1.77. The molecule has 0 atom stereocenters. The molecule has 0 aliphatic heterocycles. The van der Waals surface area contributed by atoms with E-state index in [0.29, 0.717) is 12.6 Å². The van der Waals surface area contributed by atoms with Gasteiger partial charge in [0, 0.05) is 27.8 Å². The van der Waals surface area contributed by atoms with E-state index >= 15 is 0 Å². The van der Waals surface area contributed by atoms with Crippen molar-refractivity contribution in [2.24, 2.45) is 0 Å². The van der Waals surface area contributed by atoms with Crippen molar-refractivity contribution in [3.8, 4) is 0 Å². The molecule has 1 saturated carbocycles. The Hall–Kier alpha value is -0.810. The lowest BCUT2D eigenvalue weighted by atomic mass is 10.4. The average molecular weight is 299 g/mol. The lowest BCUT2D eigenvalue weighted by Crippen LogP contribution is -2.23. The predicted molar refractivity (Wildman–Crippen MR) is 68.1 cm³/mol. The summed E-state index contributed by atoms with van der Waals surface area (Å²) in [5, 5.41) is 2.03. The first-order valence-corrected chi connectivity index (χ1v) is 6.92. The minimum atomic E-state index is 0.114. The lowest BCUT2D eigenvalue weighted by molar-refractivity contribution is 0.658. The van der Waals surface area contributed by atoms with Gasteiger partial charge >= 0.3 is 5.69 Å². The maximum Gasteiger partial charge on any atom is 0.328 e. The molecular formula is C11H11BrN2OS. The van der Waals surface area contributed by atoms with Gasteiger partial charge in [0.15, 0.2) is 0 Å². The number of thiophene rings is 1. The quantitative estimate of drug-likeness (QED) is 0.856. The Morgan fingerprint density at radius 3 is 2.88 bits per heavy atom. The van der Waals surface area contributed by atoms with Crippen molar-refractivity contribution in [1.82, 2.24) is 9.13 Å². The minimum absolute atomic E-state index is 0.114. The number of nitrogens with zero attached hydrogens (tertiary/aromatic N) is 2. The fourth-order valence-corrected chi connectivity index (χ4v) is 3.25. The molecule has 0 aromatic carbocycles. The summed E-state index contributed by atoms with van der Waals surface area (Å²) in [6.45, 7) is 0.663. The van der Waals surface area contributed by atoms with Crippen LogP contribution in [-0.4, -0.2) is 9.13 Å². The van der Waals surface area contributed by atoms with Crippen LogP contribution >= 0.6 is 27.3 Å². The molecule has 84 valence electrons. The zero-order valence-electron chi connectivity index (χ0n) is 8.60. The predicted octanol–water partition coefficient (Wildman–Crippen LogP) is 2.86. The molecule has 1 fully saturated rings. The number of aromatic nitrogens is 2. The van der Waals surface area contributed by atoms with Crippen molar-refractivity contribution in [1.29, 1.82) is 0 Å². The van der Waals surface area contributed by atoms with E-state index < -0.39 is 0 Å². The number of hydrogen-bond acceptors (Lipinski definition) is 2. The Balaban J connectivity index is 1.90. The van der Waals surface area contributed by atoms with Crippen LogP contribution in [0.2, 0.25) is 0 Å². The van der Waals surface area contributed by atoms with E-state index in [9.17, 15) is 4.79 Å². The summed E-state index contributed by atoms with van der Waals surface area (Å²) < 4.78 is 4.71. The van der Waals surface area contributed by atoms with Crippen LogP contribution < -0.4 is 5.69 Å². The Morgan fingerprint density at radius 2 is 2.25 bits per heavy atom. The molecule has 2 aromatic rings. The van der Waals surface area contributed by atoms with Gasteiger partial charge in [0.1, 0.15) is 0 Å². The first kappa shape index (κ1) is 10.4. The summed E-state index contributed by atoms with van der Waals surface area (Å²) in [7, 11) is 0. The molecule has 3 rings (SSSR count). The molecular weight excluding hydrogens is 288 g/mol. The van der Waals surface area contributed by atoms with Crippen LogP contribution in [0.3, 0.4) is 0 Å². The van der Waals surface area contributed by atoms with E-state index in [1.807, 2.05) is 28.4 Å². The Bertz CT molecular complexity index is 565. The minimum Gasteiger partial charge on any atom is -0.296 e. The summed E-state index contributed by atoms with van der Waals surface area (Å²) >= 11 is 5.16. The van der Waals surface area contributed by atoms with Gasteiger partial charge in [-0.2, -0.15) is 0 Å². The van der Waals surface area contributed by atoms with Crippen LogP contribution in [0.5, 0.6) is 0 Å². The monoisotopic (exact) mass is 298 g/mol. The molecule has 0 amide bonds. The third-order valence-electron chi connectivity index (χ3n) is 2.82. The van der Waals surface area contributed by atoms with Crippen LogP contribution in [0.4, 0.5) is 0 Å². The molecule has 0 radical (unpaired) electrons. The number of halogens is 1. The number of rotatable bonds is 3. The second-order valence-electron chi connectivity index (χ2n) is 4.04. The van der Waals surface area contributed by atoms with Crippen molar-refractivity contribution in [3.05, 3.63) is 43.7 Å². The Labute approximate surface area is 105 Å². The molecule has 1 aliphatic carbocycles. The molecule has 0 unspecified atom stereocenters. The summed E-state index contributed by atoms with van der Waals surface area (Å²) in [6.07, 6.45) is 6.08. The van der Waals surface area contributed by atoms with Gasteiger partial charge in [-0.25, -0.2) is 4.79 Å². The van der Waals surface area contributed by atoms with E-state index in [2.05, 4.69) is 15.9 Å². The number of hydrogen-bond donors (Lipinski definition) is 0. The second kappa shape index (κ2) is 3.89. The summed E-state index contributed by atoms with van der Waals surface area (Å²) in [5.41, 5.74) is 0.114. The SMILES string of the molecule is O=c1n(Cc2sccc2Br)ccn1C1CC1. The van der Waals surface area contributed by atoms with Gasteiger partial charge in [-0.1, -0.05) is 0 Å². The smallest absolute Gasteiger partial charge is 0.296 e. The highest BCUT2D eigenvalue weighted by molar-refractivity contribution is 9.10. The van der Waals surface area contributed by atoms with Gasteiger partial charge in [-0.15, -0.1) is 11.3 Å². The zero-order valence-corrected chi connectivity index (χ0v) is 11.0. The van der Waals surface area contributed by atoms with Crippen molar-refractivity contribution in [3.63, 3.8) is 0 Å². The highest BCUT2D eigenvalue weighted by Gasteiger charge is 2.25. The van der Waals surface area contributed by atoms with Crippen LogP contribution in [0.15, 0.2) is 33.1 Å². The maximum absolute atomic E-state index is 12.0. The molecule has 1 aliphatic rings. The molecule has 2 heterocycles. The molecule has 0 N–H and O–H groups in total. The molecule has 3 nitrogen and oxygen atoms in total. The van der Waals surface area contributed by atoms with Crippen LogP contribution in [-0.2, 0) is 6.54 Å². The molecule has 0 spiro atoms. The average Bonchev–Trinajstić information content (AvgIpc) is 2.94. The van der Waals surface area contributed by atoms with Crippen LogP contribution in [0.25, 0.3) is 0 Å². The van der Waals surface area contributed by atoms with Gasteiger partial charge in [-0.3, -0.25) is 9.13 Å². The summed E-state index contributed by atoms with van der Waals surface area (Å²) in [6, 6.07) is 2.48. The standard InChI is InChI=1S/C11H11BrN2OS/c12-9-3-6-16-10(9)7-13-4-5-14(11(13)15)8-1-2-8/h3-6,8H,1-2,7H2. The van der Waals surface area contributed by atoms with E-state index in [4.69, 9.17) is 0 Å². The van der Waals surface area contributed by atoms with Crippen LogP contribution in [0, 0.1) is 0 Å². The molecule has 0 saturated heterocycles. The normalized spacial score (nSPS) is 15.6. The van der Waals surface area contributed by atoms with Gasteiger partial charge in [0.25, 0.3) is 0 Å². The van der Waals surface area contributed by atoms with Crippen molar-refractivity contribution < 1.29 is 0 Å². The molecule has 16 heavy (non-hydrogen) atoms. The summed E-state index contributed by atoms with van der Waals surface area (Å²) in [4.78, 5) is 13.2. The highest BCUT2D eigenvalue weighted by Crippen LogP contribution is 2.33. The van der Waals surface area contributed by atoms with Gasteiger partial charge in [0.05, 0.1) is 6.54 Å². The summed E-state index contributed by atoms with van der Waals surface area (Å²) in [5.74, 6) is 0.